The molecule has 0 aliphatic carbocycles. The molecule has 0 atom stereocenters. The average Bonchev–Trinajstić information content (AvgIpc) is 3.10. The van der Waals surface area contributed by atoms with Crippen molar-refractivity contribution in [2.24, 2.45) is 0 Å². The SMILES string of the molecule is CCn1c(-c2ccccc2)nn(CN2CCN(S(=O)(=O)Cc3ccccc3)CC2)c1=S. The van der Waals surface area contributed by atoms with E-state index in [-0.39, 0.29) is 5.75 Å². The molecule has 0 unspecified atom stereocenters. The molecule has 0 saturated carbocycles. The van der Waals surface area contributed by atoms with Crippen molar-refractivity contribution in [2.45, 2.75) is 25.9 Å². The van der Waals surface area contributed by atoms with E-state index >= 15 is 0 Å². The van der Waals surface area contributed by atoms with Crippen molar-refractivity contribution in [3.05, 3.63) is 71.0 Å². The molecule has 9 heteroatoms. The summed E-state index contributed by atoms with van der Waals surface area (Å²) >= 11 is 5.67. The van der Waals surface area contributed by atoms with Crippen molar-refractivity contribution in [2.75, 3.05) is 26.2 Å². The Balaban J connectivity index is 1.42. The normalized spacial score (nSPS) is 15.9. The Morgan fingerprint density at radius 3 is 2.16 bits per heavy atom. The van der Waals surface area contributed by atoms with E-state index in [9.17, 15) is 8.42 Å². The monoisotopic (exact) mass is 457 g/mol. The van der Waals surface area contributed by atoms with Crippen LogP contribution in [-0.4, -0.2) is 58.1 Å². The van der Waals surface area contributed by atoms with E-state index in [2.05, 4.69) is 11.8 Å². The molecule has 0 bridgehead atoms. The van der Waals surface area contributed by atoms with E-state index in [0.29, 0.717) is 37.6 Å². The number of aromatic nitrogens is 3. The molecule has 4 rings (SSSR count). The van der Waals surface area contributed by atoms with Gasteiger partial charge in [0.25, 0.3) is 0 Å². The van der Waals surface area contributed by atoms with Crippen molar-refractivity contribution in [3.63, 3.8) is 0 Å². The second-order valence-electron chi connectivity index (χ2n) is 7.62. The fraction of sp³-hybridized carbons (Fsp3) is 0.364. The largest absolute Gasteiger partial charge is 0.300 e. The number of nitrogens with zero attached hydrogens (tertiary/aromatic N) is 5. The van der Waals surface area contributed by atoms with E-state index in [4.69, 9.17) is 17.3 Å². The topological polar surface area (TPSA) is 63.4 Å². The van der Waals surface area contributed by atoms with Crippen LogP contribution in [0.15, 0.2) is 60.7 Å². The summed E-state index contributed by atoms with van der Waals surface area (Å²) in [6.07, 6.45) is 0. The van der Waals surface area contributed by atoms with Crippen LogP contribution in [0.5, 0.6) is 0 Å². The average molecular weight is 458 g/mol. The Kier molecular flexibility index (Phi) is 6.66. The van der Waals surface area contributed by atoms with Gasteiger partial charge in [0, 0.05) is 38.3 Å². The molecule has 0 radical (unpaired) electrons. The number of rotatable bonds is 7. The molecule has 2 heterocycles. The second-order valence-corrected chi connectivity index (χ2v) is 9.95. The Labute approximate surface area is 188 Å². The van der Waals surface area contributed by atoms with Crippen LogP contribution >= 0.6 is 12.2 Å². The third kappa shape index (κ3) is 4.95. The van der Waals surface area contributed by atoms with Gasteiger partial charge >= 0.3 is 0 Å². The Bertz CT molecular complexity index is 1170. The van der Waals surface area contributed by atoms with Gasteiger partial charge in [0.2, 0.25) is 10.0 Å². The van der Waals surface area contributed by atoms with Crippen molar-refractivity contribution < 1.29 is 8.42 Å². The van der Waals surface area contributed by atoms with Gasteiger partial charge in [-0.3, -0.25) is 4.90 Å². The number of benzene rings is 2. The van der Waals surface area contributed by atoms with Crippen molar-refractivity contribution in [3.8, 4) is 11.4 Å². The van der Waals surface area contributed by atoms with Crippen LogP contribution in [0.4, 0.5) is 0 Å². The molecule has 1 fully saturated rings. The van der Waals surface area contributed by atoms with E-state index in [0.717, 1.165) is 23.5 Å². The second kappa shape index (κ2) is 9.44. The number of hydrogen-bond donors (Lipinski definition) is 0. The van der Waals surface area contributed by atoms with Gasteiger partial charge in [0.1, 0.15) is 0 Å². The molecule has 1 aromatic heterocycles. The Morgan fingerprint density at radius 1 is 0.935 bits per heavy atom. The molecule has 0 amide bonds. The highest BCUT2D eigenvalue weighted by Crippen LogP contribution is 2.19. The van der Waals surface area contributed by atoms with Gasteiger partial charge in [-0.1, -0.05) is 60.7 Å². The minimum atomic E-state index is -3.32. The molecule has 0 N–H and O–H groups in total. The van der Waals surface area contributed by atoms with Crippen LogP contribution in [0.25, 0.3) is 11.4 Å². The van der Waals surface area contributed by atoms with Crippen LogP contribution in [0.2, 0.25) is 0 Å². The molecule has 0 spiro atoms. The summed E-state index contributed by atoms with van der Waals surface area (Å²) in [6.45, 7) is 5.60. The van der Waals surface area contributed by atoms with Crippen molar-refractivity contribution in [1.29, 1.82) is 0 Å². The summed E-state index contributed by atoms with van der Waals surface area (Å²) in [5.41, 5.74) is 1.85. The van der Waals surface area contributed by atoms with E-state index in [1.165, 1.54) is 0 Å². The molecule has 3 aromatic rings. The fourth-order valence-corrected chi connectivity index (χ4v) is 5.66. The molecule has 164 valence electrons. The first-order valence-corrected chi connectivity index (χ1v) is 12.5. The zero-order valence-corrected chi connectivity index (χ0v) is 19.2. The highest BCUT2D eigenvalue weighted by atomic mass is 32.2. The van der Waals surface area contributed by atoms with Gasteiger partial charge in [0.05, 0.1) is 12.4 Å². The number of sulfonamides is 1. The van der Waals surface area contributed by atoms with E-state index in [1.54, 1.807) is 4.31 Å². The third-order valence-corrected chi connectivity index (χ3v) is 7.80. The minimum absolute atomic E-state index is 0.0419. The standard InChI is InChI=1S/C22H27N5O2S2/c1-2-26-21(20-11-7-4-8-12-20)23-27(22(26)30)18-24-13-15-25(16-14-24)31(28,29)17-19-9-5-3-6-10-19/h3-12H,2,13-18H2,1H3. The first-order valence-electron chi connectivity index (χ1n) is 10.4. The molecule has 2 aromatic carbocycles. The Hall–Kier alpha value is -2.33. The lowest BCUT2D eigenvalue weighted by Crippen LogP contribution is -2.49. The Morgan fingerprint density at radius 2 is 1.55 bits per heavy atom. The van der Waals surface area contributed by atoms with Gasteiger partial charge in [-0.05, 0) is 24.7 Å². The summed E-state index contributed by atoms with van der Waals surface area (Å²) < 4.78 is 31.7. The predicted octanol–water partition coefficient (Wildman–Crippen LogP) is 3.21. The minimum Gasteiger partial charge on any atom is -0.300 e. The molecular formula is C22H27N5O2S2. The predicted molar refractivity (Wildman–Crippen MR) is 124 cm³/mol. The van der Waals surface area contributed by atoms with Gasteiger partial charge in [-0.2, -0.15) is 9.40 Å². The van der Waals surface area contributed by atoms with Crippen LogP contribution in [0, 0.1) is 4.77 Å². The van der Waals surface area contributed by atoms with Crippen LogP contribution in [0.3, 0.4) is 0 Å². The molecular weight excluding hydrogens is 430 g/mol. The molecule has 1 saturated heterocycles. The third-order valence-electron chi connectivity index (χ3n) is 5.52. The number of hydrogen-bond acceptors (Lipinski definition) is 5. The fourth-order valence-electron chi connectivity index (χ4n) is 3.83. The van der Waals surface area contributed by atoms with Gasteiger partial charge < -0.3 is 4.57 Å². The maximum absolute atomic E-state index is 12.8. The smallest absolute Gasteiger partial charge is 0.218 e. The van der Waals surface area contributed by atoms with Gasteiger partial charge in [0.15, 0.2) is 10.6 Å². The first kappa shape index (κ1) is 21.9. The van der Waals surface area contributed by atoms with Crippen molar-refractivity contribution >= 4 is 22.2 Å². The lowest BCUT2D eigenvalue weighted by Gasteiger charge is -2.33. The zero-order valence-electron chi connectivity index (χ0n) is 17.6. The summed E-state index contributed by atoms with van der Waals surface area (Å²) in [7, 11) is -3.32. The zero-order chi connectivity index (χ0) is 21.8. The molecule has 1 aliphatic heterocycles. The molecule has 1 aliphatic rings. The maximum Gasteiger partial charge on any atom is 0.218 e. The molecule has 7 nitrogen and oxygen atoms in total. The van der Waals surface area contributed by atoms with Crippen LogP contribution in [0.1, 0.15) is 12.5 Å². The lowest BCUT2D eigenvalue weighted by atomic mass is 10.2. The summed E-state index contributed by atoms with van der Waals surface area (Å²) in [5.74, 6) is 0.900. The molecule has 31 heavy (non-hydrogen) atoms. The quantitative estimate of drug-likeness (QED) is 0.510. The lowest BCUT2D eigenvalue weighted by molar-refractivity contribution is 0.144. The highest BCUT2D eigenvalue weighted by Gasteiger charge is 2.27. The number of piperazine rings is 1. The summed E-state index contributed by atoms with van der Waals surface area (Å²) in [4.78, 5) is 2.20. The highest BCUT2D eigenvalue weighted by molar-refractivity contribution is 7.88. The van der Waals surface area contributed by atoms with Gasteiger partial charge in [-0.15, -0.1) is 0 Å². The maximum atomic E-state index is 12.8. The summed E-state index contributed by atoms with van der Waals surface area (Å²) in [6, 6.07) is 19.4. The van der Waals surface area contributed by atoms with Crippen LogP contribution < -0.4 is 0 Å². The summed E-state index contributed by atoms with van der Waals surface area (Å²) in [5, 5.41) is 4.77. The van der Waals surface area contributed by atoms with Gasteiger partial charge in [-0.25, -0.2) is 13.1 Å². The van der Waals surface area contributed by atoms with E-state index in [1.807, 2.05) is 69.9 Å². The van der Waals surface area contributed by atoms with Crippen LogP contribution in [-0.2, 0) is 29.0 Å². The van der Waals surface area contributed by atoms with E-state index < -0.39 is 10.0 Å². The van der Waals surface area contributed by atoms with Crippen molar-refractivity contribution in [1.82, 2.24) is 23.6 Å². The first-order chi connectivity index (χ1) is 15.0.